The highest BCUT2D eigenvalue weighted by Crippen LogP contribution is 2.15. The summed E-state index contributed by atoms with van der Waals surface area (Å²) in [5, 5.41) is 4.01. The predicted molar refractivity (Wildman–Crippen MR) is 73.5 cm³/mol. The molecule has 1 N–H and O–H groups in total. The average Bonchev–Trinajstić information content (AvgIpc) is 2.85. The maximum absolute atomic E-state index is 12.0. The van der Waals surface area contributed by atoms with Crippen LogP contribution in [0.15, 0.2) is 24.3 Å². The molecule has 1 amide bonds. The molecular weight excluding hydrogens is 248 g/mol. The van der Waals surface area contributed by atoms with Crippen LogP contribution in [0.4, 0.5) is 0 Å². The summed E-state index contributed by atoms with van der Waals surface area (Å²) in [5.74, 6) is 0.726. The van der Waals surface area contributed by atoms with E-state index in [1.165, 1.54) is 0 Å². The first-order valence-electron chi connectivity index (χ1n) is 6.34. The van der Waals surface area contributed by atoms with Gasteiger partial charge < -0.3 is 10.2 Å². The fourth-order valence-corrected chi connectivity index (χ4v) is 2.37. The Labute approximate surface area is 113 Å². The summed E-state index contributed by atoms with van der Waals surface area (Å²) in [5.41, 5.74) is 1.11. The Bertz CT molecular complexity index is 399. The van der Waals surface area contributed by atoms with Crippen LogP contribution in [0.3, 0.4) is 0 Å². The summed E-state index contributed by atoms with van der Waals surface area (Å²) in [6.07, 6.45) is 1.76. The van der Waals surface area contributed by atoms with Gasteiger partial charge in [-0.1, -0.05) is 23.7 Å². The minimum atomic E-state index is 0.221. The van der Waals surface area contributed by atoms with Crippen molar-refractivity contribution in [1.29, 1.82) is 0 Å². The smallest absolute Gasteiger partial charge is 0.222 e. The van der Waals surface area contributed by atoms with E-state index in [-0.39, 0.29) is 5.91 Å². The van der Waals surface area contributed by atoms with E-state index < -0.39 is 0 Å². The first kappa shape index (κ1) is 13.4. The van der Waals surface area contributed by atoms with E-state index >= 15 is 0 Å². The molecule has 18 heavy (non-hydrogen) atoms. The van der Waals surface area contributed by atoms with Crippen molar-refractivity contribution < 1.29 is 4.79 Å². The van der Waals surface area contributed by atoms with Crippen molar-refractivity contribution in [1.82, 2.24) is 10.2 Å². The van der Waals surface area contributed by atoms with Gasteiger partial charge >= 0.3 is 0 Å². The van der Waals surface area contributed by atoms with Gasteiger partial charge in [0.25, 0.3) is 0 Å². The lowest BCUT2D eigenvalue weighted by Gasteiger charge is -2.19. The number of hydrogen-bond donors (Lipinski definition) is 1. The molecule has 0 saturated carbocycles. The number of carbonyl (C=O) groups is 1. The van der Waals surface area contributed by atoms with Crippen LogP contribution in [0.2, 0.25) is 5.02 Å². The van der Waals surface area contributed by atoms with Gasteiger partial charge in [-0.15, -0.1) is 0 Å². The summed E-state index contributed by atoms with van der Waals surface area (Å²) < 4.78 is 0. The molecule has 1 atom stereocenters. The van der Waals surface area contributed by atoms with Crippen molar-refractivity contribution in [3.05, 3.63) is 34.9 Å². The van der Waals surface area contributed by atoms with Crippen molar-refractivity contribution in [3.63, 3.8) is 0 Å². The van der Waals surface area contributed by atoms with Crippen molar-refractivity contribution in [2.45, 2.75) is 19.4 Å². The van der Waals surface area contributed by atoms with Gasteiger partial charge in [-0.3, -0.25) is 4.79 Å². The van der Waals surface area contributed by atoms with Crippen LogP contribution in [0.5, 0.6) is 0 Å². The summed E-state index contributed by atoms with van der Waals surface area (Å²) in [7, 11) is 1.86. The standard InChI is InChI=1S/C14H19ClN2O/c1-17(10-11-2-4-13(15)5-3-11)14(18)8-12-6-7-16-9-12/h2-5,12,16H,6-10H2,1H3. The number of benzene rings is 1. The molecule has 1 aromatic rings. The van der Waals surface area contributed by atoms with Crippen LogP contribution in [0.25, 0.3) is 0 Å². The third-order valence-electron chi connectivity index (χ3n) is 3.38. The summed E-state index contributed by atoms with van der Waals surface area (Å²) >= 11 is 5.84. The maximum atomic E-state index is 12.0. The number of nitrogens with zero attached hydrogens (tertiary/aromatic N) is 1. The highest BCUT2D eigenvalue weighted by Gasteiger charge is 2.20. The van der Waals surface area contributed by atoms with Crippen LogP contribution in [-0.4, -0.2) is 30.9 Å². The molecule has 1 heterocycles. The average molecular weight is 267 g/mol. The molecule has 1 aromatic carbocycles. The molecule has 2 rings (SSSR count). The summed E-state index contributed by atoms with van der Waals surface area (Å²) in [6.45, 7) is 2.66. The monoisotopic (exact) mass is 266 g/mol. The zero-order chi connectivity index (χ0) is 13.0. The topological polar surface area (TPSA) is 32.3 Å². The van der Waals surface area contributed by atoms with E-state index in [1.807, 2.05) is 31.3 Å². The highest BCUT2D eigenvalue weighted by atomic mass is 35.5. The normalized spacial score (nSPS) is 18.9. The van der Waals surface area contributed by atoms with Crippen LogP contribution in [-0.2, 0) is 11.3 Å². The second-order valence-corrected chi connectivity index (χ2v) is 5.38. The van der Waals surface area contributed by atoms with Gasteiger partial charge in [-0.25, -0.2) is 0 Å². The third kappa shape index (κ3) is 3.72. The van der Waals surface area contributed by atoms with Crippen molar-refractivity contribution in [2.24, 2.45) is 5.92 Å². The lowest BCUT2D eigenvalue weighted by Crippen LogP contribution is -2.28. The van der Waals surface area contributed by atoms with E-state index in [1.54, 1.807) is 4.90 Å². The lowest BCUT2D eigenvalue weighted by atomic mass is 10.0. The molecule has 4 heteroatoms. The van der Waals surface area contributed by atoms with E-state index in [2.05, 4.69) is 5.32 Å². The van der Waals surface area contributed by atoms with Gasteiger partial charge in [0.15, 0.2) is 0 Å². The fourth-order valence-electron chi connectivity index (χ4n) is 2.24. The van der Waals surface area contributed by atoms with E-state index in [4.69, 9.17) is 11.6 Å². The lowest BCUT2D eigenvalue weighted by molar-refractivity contribution is -0.131. The predicted octanol–water partition coefficient (Wildman–Crippen LogP) is 2.30. The third-order valence-corrected chi connectivity index (χ3v) is 3.64. The Morgan fingerprint density at radius 3 is 2.78 bits per heavy atom. The van der Waals surface area contributed by atoms with Crippen LogP contribution < -0.4 is 5.32 Å². The molecular formula is C14H19ClN2O. The Hall–Kier alpha value is -1.06. The van der Waals surface area contributed by atoms with Crippen LogP contribution >= 0.6 is 11.6 Å². The highest BCUT2D eigenvalue weighted by molar-refractivity contribution is 6.30. The molecule has 1 fully saturated rings. The zero-order valence-electron chi connectivity index (χ0n) is 10.7. The second kappa shape index (κ2) is 6.21. The molecule has 1 aliphatic heterocycles. The van der Waals surface area contributed by atoms with Gasteiger partial charge in [0.05, 0.1) is 0 Å². The Morgan fingerprint density at radius 1 is 1.44 bits per heavy atom. The second-order valence-electron chi connectivity index (χ2n) is 4.94. The molecule has 3 nitrogen and oxygen atoms in total. The van der Waals surface area contributed by atoms with Crippen molar-refractivity contribution >= 4 is 17.5 Å². The van der Waals surface area contributed by atoms with E-state index in [0.717, 1.165) is 30.1 Å². The Kier molecular flexibility index (Phi) is 4.61. The number of amides is 1. The largest absolute Gasteiger partial charge is 0.341 e. The van der Waals surface area contributed by atoms with E-state index in [0.29, 0.717) is 18.9 Å². The SMILES string of the molecule is CN(Cc1ccc(Cl)cc1)C(=O)CC1CCNC1. The van der Waals surface area contributed by atoms with Gasteiger partial charge in [-0.05, 0) is 43.1 Å². The Morgan fingerprint density at radius 2 is 2.17 bits per heavy atom. The quantitative estimate of drug-likeness (QED) is 0.907. The zero-order valence-corrected chi connectivity index (χ0v) is 11.4. The van der Waals surface area contributed by atoms with Gasteiger partial charge in [0.2, 0.25) is 5.91 Å². The first-order valence-corrected chi connectivity index (χ1v) is 6.72. The molecule has 1 aliphatic rings. The van der Waals surface area contributed by atoms with Crippen LogP contribution in [0.1, 0.15) is 18.4 Å². The van der Waals surface area contributed by atoms with Gasteiger partial charge in [-0.2, -0.15) is 0 Å². The maximum Gasteiger partial charge on any atom is 0.222 e. The number of rotatable bonds is 4. The number of nitrogens with one attached hydrogen (secondary N) is 1. The molecule has 0 aliphatic carbocycles. The molecule has 0 aromatic heterocycles. The number of halogens is 1. The first-order chi connectivity index (χ1) is 8.65. The minimum Gasteiger partial charge on any atom is -0.341 e. The molecule has 0 spiro atoms. The Balaban J connectivity index is 1.84. The molecule has 1 unspecified atom stereocenters. The summed E-state index contributed by atoms with van der Waals surface area (Å²) in [4.78, 5) is 13.8. The summed E-state index contributed by atoms with van der Waals surface area (Å²) in [6, 6.07) is 7.64. The van der Waals surface area contributed by atoms with E-state index in [9.17, 15) is 4.79 Å². The van der Waals surface area contributed by atoms with Gasteiger partial charge in [0, 0.05) is 25.0 Å². The molecule has 0 bridgehead atoms. The molecule has 1 saturated heterocycles. The number of carbonyl (C=O) groups excluding carboxylic acids is 1. The van der Waals surface area contributed by atoms with Crippen molar-refractivity contribution in [2.75, 3.05) is 20.1 Å². The molecule has 98 valence electrons. The van der Waals surface area contributed by atoms with Crippen LogP contribution in [0, 0.1) is 5.92 Å². The number of hydrogen-bond acceptors (Lipinski definition) is 2. The van der Waals surface area contributed by atoms with Gasteiger partial charge in [0.1, 0.15) is 0 Å². The molecule has 0 radical (unpaired) electrons. The fraction of sp³-hybridized carbons (Fsp3) is 0.500. The van der Waals surface area contributed by atoms with Crippen molar-refractivity contribution in [3.8, 4) is 0 Å². The minimum absolute atomic E-state index is 0.221.